The molecule has 1 saturated heterocycles. The number of imidazole rings is 1. The Morgan fingerprint density at radius 1 is 1.29 bits per heavy atom. The molecule has 4 atom stereocenters. The molecule has 0 aromatic carbocycles. The van der Waals surface area contributed by atoms with Crippen LogP contribution in [0.5, 0.6) is 0 Å². The Balaban J connectivity index is 1.91. The summed E-state index contributed by atoms with van der Waals surface area (Å²) in [7, 11) is -4.88. The maximum Gasteiger partial charge on any atom is 0.472 e. The Bertz CT molecular complexity index is 702. The fourth-order valence-corrected chi connectivity index (χ4v) is 2.50. The third-order valence-electron chi connectivity index (χ3n) is 2.95. The lowest BCUT2D eigenvalue weighted by atomic mass is 10.2. The fraction of sp³-hybridized carbons (Fsp3) is 0.444. The highest BCUT2D eigenvalue weighted by Gasteiger charge is 2.47. The molecule has 3 rings (SSSR count). The topological polar surface area (TPSA) is 160 Å². The molecule has 4 N–H and O–H groups in total. The fourth-order valence-electron chi connectivity index (χ4n) is 2.05. The van der Waals surface area contributed by atoms with Crippen molar-refractivity contribution in [3.8, 4) is 0 Å². The van der Waals surface area contributed by atoms with Crippen molar-refractivity contribution >= 4 is 19.0 Å². The molecular weight excluding hydrogens is 307 g/mol. The predicted molar refractivity (Wildman–Crippen MR) is 64.4 cm³/mol. The highest BCUT2D eigenvalue weighted by atomic mass is 31.2. The van der Waals surface area contributed by atoms with E-state index in [1.807, 2.05) is 0 Å². The summed E-state index contributed by atoms with van der Waals surface area (Å²) in [4.78, 5) is 29.2. The molecule has 0 bridgehead atoms. The van der Waals surface area contributed by atoms with Gasteiger partial charge in [0.2, 0.25) is 0 Å². The zero-order chi connectivity index (χ0) is 15.2. The number of rotatable bonds is 3. The van der Waals surface area contributed by atoms with E-state index in [1.165, 1.54) is 23.4 Å². The van der Waals surface area contributed by atoms with E-state index in [0.29, 0.717) is 11.2 Å². The number of aliphatic hydroxyl groups excluding tert-OH is 2. The summed E-state index contributed by atoms with van der Waals surface area (Å²) in [5, 5.41) is 19.7. The van der Waals surface area contributed by atoms with E-state index in [1.54, 1.807) is 0 Å². The monoisotopic (exact) mass is 318 g/mol. The minimum Gasteiger partial charge on any atom is -0.385 e. The molecule has 0 aliphatic carbocycles. The summed E-state index contributed by atoms with van der Waals surface area (Å²) in [6.07, 6.45) is -1.93. The molecule has 21 heavy (non-hydrogen) atoms. The van der Waals surface area contributed by atoms with Crippen LogP contribution in [0.25, 0.3) is 11.2 Å². The number of ether oxygens (including phenoxy) is 1. The van der Waals surface area contributed by atoms with Crippen molar-refractivity contribution in [2.24, 2.45) is 0 Å². The molecule has 3 heterocycles. The van der Waals surface area contributed by atoms with E-state index in [4.69, 9.17) is 14.5 Å². The molecule has 1 aliphatic heterocycles. The minimum absolute atomic E-state index is 0.332. The number of phosphoric acid groups is 1. The van der Waals surface area contributed by atoms with Gasteiger partial charge >= 0.3 is 7.82 Å². The molecule has 0 saturated carbocycles. The van der Waals surface area contributed by atoms with Crippen molar-refractivity contribution < 1.29 is 33.8 Å². The number of phosphoric ester groups is 1. The zero-order valence-corrected chi connectivity index (χ0v) is 11.2. The lowest BCUT2D eigenvalue weighted by Gasteiger charge is -2.16. The Labute approximate surface area is 117 Å². The van der Waals surface area contributed by atoms with Gasteiger partial charge in [0.05, 0.1) is 12.5 Å². The Hall–Kier alpha value is -1.46. The van der Waals surface area contributed by atoms with Crippen LogP contribution < -0.4 is 0 Å². The first-order valence-corrected chi connectivity index (χ1v) is 7.28. The largest absolute Gasteiger partial charge is 0.472 e. The maximum absolute atomic E-state index is 10.8. The van der Waals surface area contributed by atoms with E-state index in [-0.39, 0.29) is 0 Å². The number of hydrogen-bond donors (Lipinski definition) is 4. The van der Waals surface area contributed by atoms with E-state index >= 15 is 0 Å². The SMILES string of the molecule is O=P(O)(O)O[C@H]1OC(n2cnc3cncnc32)[C@H](O)[C@@H]1O. The molecule has 11 nitrogen and oxygen atoms in total. The minimum atomic E-state index is -4.88. The molecule has 1 unspecified atom stereocenters. The van der Waals surface area contributed by atoms with Gasteiger partial charge in [-0.15, -0.1) is 0 Å². The van der Waals surface area contributed by atoms with Crippen molar-refractivity contribution in [2.45, 2.75) is 24.7 Å². The van der Waals surface area contributed by atoms with E-state index in [0.717, 1.165) is 0 Å². The summed E-state index contributed by atoms with van der Waals surface area (Å²) in [6, 6.07) is 0. The van der Waals surface area contributed by atoms with Gasteiger partial charge in [0.15, 0.2) is 18.2 Å². The second-order valence-corrected chi connectivity index (χ2v) is 5.55. The van der Waals surface area contributed by atoms with Gasteiger partial charge in [-0.25, -0.2) is 19.5 Å². The number of fused-ring (bicyclic) bond motifs is 1. The van der Waals surface area contributed by atoms with Crippen LogP contribution in [0, 0.1) is 0 Å². The normalized spacial score (nSPS) is 30.1. The van der Waals surface area contributed by atoms with Gasteiger partial charge < -0.3 is 24.7 Å². The van der Waals surface area contributed by atoms with Crippen molar-refractivity contribution in [1.82, 2.24) is 19.5 Å². The first-order chi connectivity index (χ1) is 9.87. The lowest BCUT2D eigenvalue weighted by Crippen LogP contribution is -2.32. The Kier molecular flexibility index (Phi) is 3.50. The van der Waals surface area contributed by atoms with Crippen LogP contribution in [0.15, 0.2) is 18.9 Å². The second kappa shape index (κ2) is 5.07. The van der Waals surface area contributed by atoms with Gasteiger partial charge in [-0.1, -0.05) is 0 Å². The van der Waals surface area contributed by atoms with Crippen molar-refractivity contribution in [3.05, 3.63) is 18.9 Å². The van der Waals surface area contributed by atoms with Gasteiger partial charge in [0, 0.05) is 0 Å². The van der Waals surface area contributed by atoms with E-state index < -0.39 is 32.5 Å². The summed E-state index contributed by atoms with van der Waals surface area (Å²) in [5.74, 6) is 0. The lowest BCUT2D eigenvalue weighted by molar-refractivity contribution is -0.134. The number of nitrogens with zero attached hydrogens (tertiary/aromatic N) is 4. The number of aliphatic hydroxyl groups is 2. The molecule has 1 aliphatic rings. The van der Waals surface area contributed by atoms with Crippen LogP contribution in [0.4, 0.5) is 0 Å². The van der Waals surface area contributed by atoms with Gasteiger partial charge in [-0.05, 0) is 0 Å². The predicted octanol–water partition coefficient (Wildman–Crippen LogP) is -1.49. The Morgan fingerprint density at radius 2 is 2.05 bits per heavy atom. The van der Waals surface area contributed by atoms with Crippen LogP contribution in [0.2, 0.25) is 0 Å². The van der Waals surface area contributed by atoms with Gasteiger partial charge in [-0.3, -0.25) is 9.09 Å². The summed E-state index contributed by atoms with van der Waals surface area (Å²) >= 11 is 0. The average molecular weight is 318 g/mol. The highest BCUT2D eigenvalue weighted by Crippen LogP contribution is 2.43. The molecule has 114 valence electrons. The first-order valence-electron chi connectivity index (χ1n) is 5.75. The molecule has 0 spiro atoms. The molecular formula is C9H11N4O7P. The molecule has 2 aromatic rings. The quantitative estimate of drug-likeness (QED) is 0.491. The summed E-state index contributed by atoms with van der Waals surface area (Å²) in [5.41, 5.74) is 0.764. The molecule has 2 aromatic heterocycles. The third kappa shape index (κ3) is 2.68. The first kappa shape index (κ1) is 14.5. The zero-order valence-electron chi connectivity index (χ0n) is 10.3. The van der Waals surface area contributed by atoms with Gasteiger partial charge in [0.25, 0.3) is 0 Å². The maximum atomic E-state index is 10.8. The molecule has 0 amide bonds. The average Bonchev–Trinajstić information content (AvgIpc) is 2.94. The third-order valence-corrected chi connectivity index (χ3v) is 3.43. The van der Waals surface area contributed by atoms with E-state index in [2.05, 4.69) is 19.5 Å². The van der Waals surface area contributed by atoms with Crippen LogP contribution in [0.3, 0.4) is 0 Å². The van der Waals surface area contributed by atoms with E-state index in [9.17, 15) is 14.8 Å². The highest BCUT2D eigenvalue weighted by molar-refractivity contribution is 7.46. The molecule has 0 radical (unpaired) electrons. The number of aromatic nitrogens is 4. The molecule has 1 fully saturated rings. The Morgan fingerprint density at radius 3 is 2.76 bits per heavy atom. The van der Waals surface area contributed by atoms with Crippen molar-refractivity contribution in [1.29, 1.82) is 0 Å². The van der Waals surface area contributed by atoms with Gasteiger partial charge in [-0.2, -0.15) is 0 Å². The standard InChI is InChI=1S/C9H11N4O7P/c14-5-6(15)9(20-21(16,17)18)19-8(5)13-3-12-4-1-10-2-11-7(4)13/h1-3,5-6,8-9,14-15H,(H2,16,17,18)/t5-,6+,8?,9-/m1/s1. The van der Waals surface area contributed by atoms with Crippen LogP contribution in [0.1, 0.15) is 6.23 Å². The van der Waals surface area contributed by atoms with Crippen LogP contribution in [-0.4, -0.2) is 58.0 Å². The second-order valence-electron chi connectivity index (χ2n) is 4.36. The number of hydrogen-bond acceptors (Lipinski definition) is 8. The van der Waals surface area contributed by atoms with Crippen molar-refractivity contribution in [3.63, 3.8) is 0 Å². The van der Waals surface area contributed by atoms with Crippen molar-refractivity contribution in [2.75, 3.05) is 0 Å². The molecule has 12 heteroatoms. The van der Waals surface area contributed by atoms with Crippen LogP contribution >= 0.6 is 7.82 Å². The van der Waals surface area contributed by atoms with Gasteiger partial charge in [0.1, 0.15) is 24.1 Å². The summed E-state index contributed by atoms with van der Waals surface area (Å²) in [6.45, 7) is 0. The van der Waals surface area contributed by atoms with Crippen LogP contribution in [-0.2, 0) is 13.8 Å². The smallest absolute Gasteiger partial charge is 0.385 e. The summed E-state index contributed by atoms with van der Waals surface area (Å²) < 4.78 is 21.6.